The van der Waals surface area contributed by atoms with Crippen LogP contribution in [0.2, 0.25) is 0 Å². The molecule has 0 aromatic heterocycles. The van der Waals surface area contributed by atoms with E-state index < -0.39 is 0 Å². The van der Waals surface area contributed by atoms with E-state index in [0.717, 1.165) is 40.3 Å². The van der Waals surface area contributed by atoms with Gasteiger partial charge in [0.25, 0.3) is 0 Å². The maximum absolute atomic E-state index is 11.1. The second kappa shape index (κ2) is 11.0. The molecule has 0 atom stereocenters. The molecule has 0 N–H and O–H groups in total. The highest BCUT2D eigenvalue weighted by molar-refractivity contribution is 5.84. The van der Waals surface area contributed by atoms with Crippen molar-refractivity contribution in [2.24, 2.45) is 5.10 Å². The highest BCUT2D eigenvalue weighted by Gasteiger charge is 2.12. The first kappa shape index (κ1) is 22.8. The molecule has 0 fully saturated rings. The van der Waals surface area contributed by atoms with Gasteiger partial charge in [0, 0.05) is 22.6 Å². The van der Waals surface area contributed by atoms with Crippen molar-refractivity contribution in [2.45, 2.75) is 0 Å². The first-order valence-corrected chi connectivity index (χ1v) is 11.8. The van der Waals surface area contributed by atoms with Crippen molar-refractivity contribution in [3.05, 3.63) is 151 Å². The van der Waals surface area contributed by atoms with Crippen LogP contribution in [0.25, 0.3) is 0 Å². The smallest absolute Gasteiger partial charge is 0.150 e. The van der Waals surface area contributed by atoms with E-state index in [1.54, 1.807) is 12.1 Å². The summed E-state index contributed by atoms with van der Waals surface area (Å²) in [5.74, 6) is 0. The predicted molar refractivity (Wildman–Crippen MR) is 149 cm³/mol. The summed E-state index contributed by atoms with van der Waals surface area (Å²) in [7, 11) is 0. The van der Waals surface area contributed by atoms with Gasteiger partial charge >= 0.3 is 0 Å². The Bertz CT molecular complexity index is 1380. The lowest BCUT2D eigenvalue weighted by Crippen LogP contribution is -2.10. The van der Waals surface area contributed by atoms with Crippen molar-refractivity contribution in [1.82, 2.24) is 0 Å². The van der Waals surface area contributed by atoms with E-state index in [4.69, 9.17) is 5.10 Å². The van der Waals surface area contributed by atoms with Crippen molar-refractivity contribution in [3.8, 4) is 0 Å². The van der Waals surface area contributed by atoms with Crippen molar-refractivity contribution in [3.63, 3.8) is 0 Å². The molecule has 0 spiro atoms. The zero-order valence-corrected chi connectivity index (χ0v) is 19.7. The SMILES string of the molecule is O=Cc1ccc(N(/N=C/c2ccc(N(c3ccccc3)c3ccccc3)cc2)c2ccccc2)cc1. The second-order valence-corrected chi connectivity index (χ2v) is 8.20. The van der Waals surface area contributed by atoms with Gasteiger partial charge in [-0.1, -0.05) is 66.7 Å². The van der Waals surface area contributed by atoms with E-state index in [1.807, 2.05) is 90.1 Å². The third-order valence-electron chi connectivity index (χ3n) is 5.78. The maximum atomic E-state index is 11.1. The van der Waals surface area contributed by atoms with Gasteiger partial charge in [-0.3, -0.25) is 4.79 Å². The standard InChI is InChI=1S/C32H25N3O/c36-25-27-18-22-32(23-19-27)35(31-14-8-3-9-15-31)33-24-26-16-20-30(21-17-26)34(28-10-4-1-5-11-28)29-12-6-2-7-13-29/h1-25H/b33-24+. The van der Waals surface area contributed by atoms with Crippen molar-refractivity contribution in [1.29, 1.82) is 0 Å². The molecule has 0 saturated carbocycles. The number of hydrogen-bond acceptors (Lipinski definition) is 4. The zero-order valence-electron chi connectivity index (χ0n) is 19.7. The zero-order chi connectivity index (χ0) is 24.6. The average Bonchev–Trinajstić information content (AvgIpc) is 2.96. The highest BCUT2D eigenvalue weighted by Crippen LogP contribution is 2.34. The lowest BCUT2D eigenvalue weighted by atomic mass is 10.1. The fourth-order valence-corrected chi connectivity index (χ4v) is 3.98. The van der Waals surface area contributed by atoms with Gasteiger partial charge < -0.3 is 4.90 Å². The molecule has 36 heavy (non-hydrogen) atoms. The van der Waals surface area contributed by atoms with E-state index in [-0.39, 0.29) is 0 Å². The molecule has 5 aromatic carbocycles. The summed E-state index contributed by atoms with van der Waals surface area (Å²) in [6.07, 6.45) is 2.69. The predicted octanol–water partition coefficient (Wildman–Crippen LogP) is 8.14. The molecule has 0 heterocycles. The quantitative estimate of drug-likeness (QED) is 0.131. The summed E-state index contributed by atoms with van der Waals surface area (Å²) in [5.41, 5.74) is 6.67. The Morgan fingerprint density at radius 2 is 0.833 bits per heavy atom. The monoisotopic (exact) mass is 467 g/mol. The number of hydrogen-bond donors (Lipinski definition) is 0. The number of hydrazone groups is 1. The molecular weight excluding hydrogens is 442 g/mol. The molecule has 4 heteroatoms. The Labute approximate surface area is 211 Å². The van der Waals surface area contributed by atoms with Gasteiger partial charge in [0.05, 0.1) is 17.6 Å². The minimum Gasteiger partial charge on any atom is -0.311 e. The molecule has 0 radical (unpaired) electrons. The summed E-state index contributed by atoms with van der Waals surface area (Å²) in [4.78, 5) is 13.3. The molecule has 0 bridgehead atoms. The van der Waals surface area contributed by atoms with Gasteiger partial charge in [0.1, 0.15) is 6.29 Å². The van der Waals surface area contributed by atoms with Crippen molar-refractivity contribution in [2.75, 3.05) is 9.91 Å². The van der Waals surface area contributed by atoms with Gasteiger partial charge in [-0.15, -0.1) is 0 Å². The number of carbonyl (C=O) groups excluding carboxylic acids is 1. The van der Waals surface area contributed by atoms with Gasteiger partial charge in [0.15, 0.2) is 0 Å². The minimum atomic E-state index is 0.632. The maximum Gasteiger partial charge on any atom is 0.150 e. The summed E-state index contributed by atoms with van der Waals surface area (Å²) in [5, 5.41) is 6.65. The number of carbonyl (C=O) groups is 1. The van der Waals surface area contributed by atoms with Crippen LogP contribution in [-0.4, -0.2) is 12.5 Å². The van der Waals surface area contributed by atoms with Gasteiger partial charge in [-0.25, -0.2) is 5.01 Å². The number of aldehydes is 1. The summed E-state index contributed by atoms with van der Waals surface area (Å²) in [6, 6.07) is 46.3. The van der Waals surface area contributed by atoms with Crippen LogP contribution in [0.15, 0.2) is 145 Å². The normalized spacial score (nSPS) is 10.8. The third-order valence-corrected chi connectivity index (χ3v) is 5.78. The van der Waals surface area contributed by atoms with E-state index in [0.29, 0.717) is 5.56 Å². The number of benzene rings is 5. The number of rotatable bonds is 8. The van der Waals surface area contributed by atoms with Crippen LogP contribution in [0.4, 0.5) is 28.4 Å². The lowest BCUT2D eigenvalue weighted by molar-refractivity contribution is 0.112. The molecule has 174 valence electrons. The molecule has 0 aliphatic rings. The van der Waals surface area contributed by atoms with E-state index in [1.165, 1.54) is 0 Å². The van der Waals surface area contributed by atoms with Crippen LogP contribution in [0.5, 0.6) is 0 Å². The molecule has 5 aromatic rings. The van der Waals surface area contributed by atoms with Crippen LogP contribution < -0.4 is 9.91 Å². The first-order chi connectivity index (χ1) is 17.8. The molecular formula is C32H25N3O. The molecule has 0 unspecified atom stereocenters. The molecule has 0 saturated heterocycles. The third kappa shape index (κ3) is 5.24. The number of anilines is 5. The minimum absolute atomic E-state index is 0.632. The fourth-order valence-electron chi connectivity index (χ4n) is 3.98. The molecule has 4 nitrogen and oxygen atoms in total. The Kier molecular flexibility index (Phi) is 6.96. The van der Waals surface area contributed by atoms with Crippen LogP contribution >= 0.6 is 0 Å². The van der Waals surface area contributed by atoms with E-state index in [2.05, 4.69) is 53.4 Å². The van der Waals surface area contributed by atoms with Crippen LogP contribution in [0.3, 0.4) is 0 Å². The Hall–Kier alpha value is -4.96. The molecule has 5 rings (SSSR count). The van der Waals surface area contributed by atoms with E-state index in [9.17, 15) is 4.79 Å². The fraction of sp³-hybridized carbons (Fsp3) is 0. The van der Waals surface area contributed by atoms with Crippen molar-refractivity contribution >= 4 is 40.9 Å². The largest absolute Gasteiger partial charge is 0.311 e. The van der Waals surface area contributed by atoms with Crippen molar-refractivity contribution < 1.29 is 4.79 Å². The van der Waals surface area contributed by atoms with Gasteiger partial charge in [-0.05, 0) is 78.4 Å². The summed E-state index contributed by atoms with van der Waals surface area (Å²) in [6.45, 7) is 0. The number of para-hydroxylation sites is 3. The molecule has 0 amide bonds. The summed E-state index contributed by atoms with van der Waals surface area (Å²) >= 11 is 0. The second-order valence-electron chi connectivity index (χ2n) is 8.20. The Morgan fingerprint density at radius 3 is 1.33 bits per heavy atom. The van der Waals surface area contributed by atoms with Crippen LogP contribution in [0.1, 0.15) is 15.9 Å². The number of nitrogens with zero attached hydrogens (tertiary/aromatic N) is 3. The Morgan fingerprint density at radius 1 is 0.444 bits per heavy atom. The van der Waals surface area contributed by atoms with E-state index >= 15 is 0 Å². The van der Waals surface area contributed by atoms with Gasteiger partial charge in [-0.2, -0.15) is 5.10 Å². The molecule has 0 aliphatic heterocycles. The Balaban J connectivity index is 1.45. The van der Waals surface area contributed by atoms with Crippen LogP contribution in [-0.2, 0) is 0 Å². The van der Waals surface area contributed by atoms with Gasteiger partial charge in [0.2, 0.25) is 0 Å². The lowest BCUT2D eigenvalue weighted by Gasteiger charge is -2.25. The topological polar surface area (TPSA) is 35.9 Å². The highest BCUT2D eigenvalue weighted by atomic mass is 16.1. The average molecular weight is 468 g/mol. The van der Waals surface area contributed by atoms with Crippen LogP contribution in [0, 0.1) is 0 Å². The molecule has 0 aliphatic carbocycles. The summed E-state index contributed by atoms with van der Waals surface area (Å²) < 4.78 is 0. The first-order valence-electron chi connectivity index (χ1n) is 11.8.